The van der Waals surface area contributed by atoms with Gasteiger partial charge in [-0.3, -0.25) is 14.8 Å². The molecule has 0 saturated carbocycles. The summed E-state index contributed by atoms with van der Waals surface area (Å²) in [7, 11) is 0. The number of nitrogens with zero attached hydrogens (tertiary/aromatic N) is 3. The van der Waals surface area contributed by atoms with Crippen LogP contribution >= 0.6 is 0 Å². The Labute approximate surface area is 192 Å². The van der Waals surface area contributed by atoms with E-state index in [1.165, 1.54) is 0 Å². The summed E-state index contributed by atoms with van der Waals surface area (Å²) >= 11 is 0. The monoisotopic (exact) mass is 435 g/mol. The smallest absolute Gasteiger partial charge is 0.247 e. The van der Waals surface area contributed by atoms with Crippen LogP contribution in [-0.4, -0.2) is 29.9 Å². The molecule has 1 heterocycles. The third-order valence-electron chi connectivity index (χ3n) is 4.73. The number of aryl methyl sites for hydroxylation is 2. The summed E-state index contributed by atoms with van der Waals surface area (Å²) in [4.78, 5) is 25.6. The Kier molecular flexibility index (Phi) is 13.0. The third kappa shape index (κ3) is 10.2. The van der Waals surface area contributed by atoms with Crippen molar-refractivity contribution in [1.82, 2.24) is 10.3 Å². The minimum Gasteiger partial charge on any atom is -0.384 e. The Bertz CT molecular complexity index is 897. The number of pyridine rings is 1. The van der Waals surface area contributed by atoms with E-state index in [2.05, 4.69) is 27.2 Å². The molecule has 0 spiro atoms. The molecule has 1 aromatic heterocycles. The van der Waals surface area contributed by atoms with Crippen molar-refractivity contribution in [3.8, 4) is 0 Å². The number of rotatable bonds is 12. The first kappa shape index (κ1) is 26.8. The fraction of sp³-hybridized carbons (Fsp3) is 0.385. The van der Waals surface area contributed by atoms with E-state index in [1.54, 1.807) is 12.3 Å². The maximum absolute atomic E-state index is 12.6. The van der Waals surface area contributed by atoms with Gasteiger partial charge in [0, 0.05) is 43.0 Å². The van der Waals surface area contributed by atoms with Crippen LogP contribution < -0.4 is 11.1 Å². The molecule has 0 aromatic carbocycles. The van der Waals surface area contributed by atoms with Gasteiger partial charge in [-0.2, -0.15) is 0 Å². The molecular formula is C26H37N5O. The average Bonchev–Trinajstić information content (AvgIpc) is 2.75. The molecule has 1 aromatic rings. The number of amides is 1. The second kappa shape index (κ2) is 15.5. The zero-order valence-corrected chi connectivity index (χ0v) is 20.1. The van der Waals surface area contributed by atoms with Crippen molar-refractivity contribution in [3.63, 3.8) is 0 Å². The van der Waals surface area contributed by atoms with Gasteiger partial charge in [0.05, 0.1) is 0 Å². The summed E-state index contributed by atoms with van der Waals surface area (Å²) in [5.41, 5.74) is 10.4. The number of carbonyl (C=O) groups excluding carboxylic acids is 1. The fourth-order valence-electron chi connectivity index (χ4n) is 2.94. The lowest BCUT2D eigenvalue weighted by molar-refractivity contribution is -0.117. The first-order valence-electron chi connectivity index (χ1n) is 11.1. The van der Waals surface area contributed by atoms with Gasteiger partial charge in [-0.15, -0.1) is 0 Å². The molecule has 172 valence electrons. The summed E-state index contributed by atoms with van der Waals surface area (Å²) in [6.45, 7) is 10.9. The molecule has 0 aliphatic heterocycles. The number of hydrogen-bond acceptors (Lipinski definition) is 5. The summed E-state index contributed by atoms with van der Waals surface area (Å²) < 4.78 is 0. The zero-order valence-electron chi connectivity index (χ0n) is 20.1. The van der Waals surface area contributed by atoms with Crippen LogP contribution in [0, 0.1) is 13.8 Å². The van der Waals surface area contributed by atoms with Gasteiger partial charge in [-0.05, 0) is 68.9 Å². The highest BCUT2D eigenvalue weighted by Crippen LogP contribution is 2.14. The summed E-state index contributed by atoms with van der Waals surface area (Å²) in [6.07, 6.45) is 17.5. The molecule has 0 unspecified atom stereocenters. The Balaban J connectivity index is 2.69. The first-order chi connectivity index (χ1) is 15.4. The molecule has 0 saturated heterocycles. The molecule has 0 fully saturated rings. The number of nitrogens with two attached hydrogens (primary N) is 1. The number of carbonyl (C=O) groups is 1. The molecule has 0 atom stereocenters. The molecule has 32 heavy (non-hydrogen) atoms. The molecule has 3 N–H and O–H groups in total. The van der Waals surface area contributed by atoms with Crippen molar-refractivity contribution in [2.45, 2.75) is 60.4 Å². The van der Waals surface area contributed by atoms with Gasteiger partial charge in [0.25, 0.3) is 0 Å². The van der Waals surface area contributed by atoms with E-state index in [0.717, 1.165) is 35.2 Å². The largest absolute Gasteiger partial charge is 0.384 e. The van der Waals surface area contributed by atoms with Crippen molar-refractivity contribution in [3.05, 3.63) is 70.6 Å². The van der Waals surface area contributed by atoms with Gasteiger partial charge >= 0.3 is 0 Å². The molecule has 1 rings (SSSR count). The van der Waals surface area contributed by atoms with Crippen LogP contribution in [0.3, 0.4) is 0 Å². The van der Waals surface area contributed by atoms with Crippen molar-refractivity contribution in [2.75, 3.05) is 12.3 Å². The van der Waals surface area contributed by atoms with E-state index in [1.807, 2.05) is 70.5 Å². The number of allylic oxidation sites excluding steroid dienone is 5. The topological polar surface area (TPSA) is 92.7 Å². The van der Waals surface area contributed by atoms with Gasteiger partial charge in [0.15, 0.2) is 0 Å². The first-order valence-corrected chi connectivity index (χ1v) is 11.1. The van der Waals surface area contributed by atoms with E-state index in [0.29, 0.717) is 30.9 Å². The van der Waals surface area contributed by atoms with Crippen LogP contribution in [0.15, 0.2) is 63.8 Å². The van der Waals surface area contributed by atoms with Crippen molar-refractivity contribution >= 4 is 24.2 Å². The third-order valence-corrected chi connectivity index (χ3v) is 4.73. The minimum absolute atomic E-state index is 0.0988. The minimum atomic E-state index is -0.0988. The second-order valence-corrected chi connectivity index (χ2v) is 7.29. The van der Waals surface area contributed by atoms with Gasteiger partial charge in [-0.25, -0.2) is 4.98 Å². The Hall–Kier alpha value is -3.28. The highest BCUT2D eigenvalue weighted by molar-refractivity contribution is 5.97. The number of anilines is 1. The highest BCUT2D eigenvalue weighted by atomic mass is 16.1. The maximum atomic E-state index is 12.6. The maximum Gasteiger partial charge on any atom is 0.247 e. The van der Waals surface area contributed by atoms with Crippen molar-refractivity contribution in [2.24, 2.45) is 9.98 Å². The number of aromatic nitrogens is 1. The lowest BCUT2D eigenvalue weighted by Gasteiger charge is -2.12. The molecule has 6 heteroatoms. The van der Waals surface area contributed by atoms with Gasteiger partial charge in [-0.1, -0.05) is 38.2 Å². The van der Waals surface area contributed by atoms with Crippen LogP contribution in [0.5, 0.6) is 0 Å². The lowest BCUT2D eigenvalue weighted by atomic mass is 10.1. The van der Waals surface area contributed by atoms with Crippen LogP contribution in [0.4, 0.5) is 5.82 Å². The van der Waals surface area contributed by atoms with E-state index < -0.39 is 0 Å². The molecule has 0 bridgehead atoms. The Morgan fingerprint density at radius 1 is 1.25 bits per heavy atom. The van der Waals surface area contributed by atoms with E-state index >= 15 is 0 Å². The van der Waals surface area contributed by atoms with E-state index in [-0.39, 0.29) is 5.91 Å². The molecule has 0 radical (unpaired) electrons. The SMILES string of the molecule is C/C=C/C=C/C(=C\N=CCC)CCN=C/C=C(\CC)C(=O)NCc1c(C)cc(N)nc1C. The Morgan fingerprint density at radius 2 is 2.03 bits per heavy atom. The second-order valence-electron chi connectivity index (χ2n) is 7.29. The Morgan fingerprint density at radius 3 is 2.69 bits per heavy atom. The predicted octanol–water partition coefficient (Wildman–Crippen LogP) is 5.19. The van der Waals surface area contributed by atoms with Crippen LogP contribution in [0.25, 0.3) is 0 Å². The molecule has 0 aliphatic carbocycles. The average molecular weight is 436 g/mol. The summed E-state index contributed by atoms with van der Waals surface area (Å²) in [5, 5.41) is 2.98. The van der Waals surface area contributed by atoms with E-state index in [9.17, 15) is 4.79 Å². The molecule has 6 nitrogen and oxygen atoms in total. The highest BCUT2D eigenvalue weighted by Gasteiger charge is 2.10. The zero-order chi connectivity index (χ0) is 23.8. The predicted molar refractivity (Wildman–Crippen MR) is 137 cm³/mol. The van der Waals surface area contributed by atoms with Crippen LogP contribution in [-0.2, 0) is 11.3 Å². The quantitative estimate of drug-likeness (QED) is 0.269. The van der Waals surface area contributed by atoms with Gasteiger partial charge < -0.3 is 11.1 Å². The van der Waals surface area contributed by atoms with E-state index in [4.69, 9.17) is 5.73 Å². The number of nitrogens with one attached hydrogen (secondary N) is 1. The molecule has 1 amide bonds. The standard InChI is InChI=1S/C26H37N5O/c1-6-9-10-11-22(18-29-14-7-2)12-15-28-16-13-23(8-3)26(32)30-19-24-20(4)17-25(27)31-21(24)5/h6,9-11,13-14,16-18H,7-8,12,15,19H2,1-5H3,(H2,27,31)(H,30,32)/b9-6+,11-10+,22-18+,23-13+,28-16?,29-14?. The van der Waals surface area contributed by atoms with Crippen LogP contribution in [0.2, 0.25) is 0 Å². The number of nitrogen functional groups attached to an aromatic ring is 1. The van der Waals surface area contributed by atoms with Crippen molar-refractivity contribution < 1.29 is 4.79 Å². The van der Waals surface area contributed by atoms with Crippen molar-refractivity contribution in [1.29, 1.82) is 0 Å². The van der Waals surface area contributed by atoms with Gasteiger partial charge in [0.2, 0.25) is 5.91 Å². The molecular weight excluding hydrogens is 398 g/mol. The van der Waals surface area contributed by atoms with Gasteiger partial charge in [0.1, 0.15) is 5.82 Å². The number of aliphatic imine (C=N–C) groups is 2. The van der Waals surface area contributed by atoms with Crippen LogP contribution in [0.1, 0.15) is 56.9 Å². The fourth-order valence-corrected chi connectivity index (χ4v) is 2.94. The summed E-state index contributed by atoms with van der Waals surface area (Å²) in [6, 6.07) is 1.82. The molecule has 0 aliphatic rings. The lowest BCUT2D eigenvalue weighted by Crippen LogP contribution is -2.25. The number of hydrogen-bond donors (Lipinski definition) is 2. The summed E-state index contributed by atoms with van der Waals surface area (Å²) in [5.74, 6) is 0.395. The normalized spacial score (nSPS) is 13.3.